The molecule has 0 spiro atoms. The number of pyridine rings is 2. The minimum absolute atomic E-state index is 0.315. The highest BCUT2D eigenvalue weighted by Crippen LogP contribution is 2.38. The van der Waals surface area contributed by atoms with Gasteiger partial charge >= 0.3 is 6.18 Å². The number of methoxy groups -OCH3 is 1. The summed E-state index contributed by atoms with van der Waals surface area (Å²) >= 11 is 6.34. The molecule has 0 radical (unpaired) electrons. The number of halogens is 4. The van der Waals surface area contributed by atoms with Gasteiger partial charge in [-0.25, -0.2) is 0 Å². The van der Waals surface area contributed by atoms with Crippen LogP contribution in [0.4, 0.5) is 13.2 Å². The number of nitrogens with zero attached hydrogens (tertiary/aromatic N) is 2. The van der Waals surface area contributed by atoms with E-state index in [1.165, 1.54) is 12.3 Å². The summed E-state index contributed by atoms with van der Waals surface area (Å²) in [6.07, 6.45) is -1.31. The lowest BCUT2D eigenvalue weighted by Crippen LogP contribution is -2.08. The summed E-state index contributed by atoms with van der Waals surface area (Å²) in [7, 11) is 1.55. The second kappa shape index (κ2) is 7.33. The molecule has 26 heavy (non-hydrogen) atoms. The molecule has 1 aromatic carbocycles. The molecule has 3 nitrogen and oxygen atoms in total. The Morgan fingerprint density at radius 1 is 1.04 bits per heavy atom. The third-order valence-electron chi connectivity index (χ3n) is 3.84. The number of rotatable bonds is 4. The Morgan fingerprint density at radius 2 is 1.85 bits per heavy atom. The van der Waals surface area contributed by atoms with E-state index in [0.29, 0.717) is 34.0 Å². The maximum absolute atomic E-state index is 12.7. The van der Waals surface area contributed by atoms with Gasteiger partial charge in [-0.1, -0.05) is 29.8 Å². The zero-order valence-corrected chi connectivity index (χ0v) is 14.5. The second-order valence-electron chi connectivity index (χ2n) is 5.54. The van der Waals surface area contributed by atoms with Crippen LogP contribution in [-0.2, 0) is 12.6 Å². The first-order chi connectivity index (χ1) is 12.4. The minimum Gasteiger partial charge on any atom is -0.496 e. The third kappa shape index (κ3) is 3.80. The Bertz CT molecular complexity index is 911. The first kappa shape index (κ1) is 18.2. The summed E-state index contributed by atoms with van der Waals surface area (Å²) in [5.41, 5.74) is 1.81. The average Bonchev–Trinajstić information content (AvgIpc) is 2.62. The molecule has 0 aliphatic heterocycles. The van der Waals surface area contributed by atoms with E-state index in [9.17, 15) is 13.2 Å². The standard InChI is InChI=1S/C19H14ClF3N2O/c1-26-16-6-2-5-14(20)18(16)13-4-3-9-24-15(13)10-12-7-8-17(25-11-12)19(21,22)23/h2-9,11H,10H2,1H3. The molecule has 0 amide bonds. The van der Waals surface area contributed by atoms with Crippen molar-refractivity contribution in [3.05, 3.63) is 76.8 Å². The summed E-state index contributed by atoms with van der Waals surface area (Å²) in [5.74, 6) is 0.595. The molecule has 0 unspecified atom stereocenters. The SMILES string of the molecule is COc1cccc(Cl)c1-c1cccnc1Cc1ccc(C(F)(F)F)nc1. The van der Waals surface area contributed by atoms with E-state index in [4.69, 9.17) is 16.3 Å². The van der Waals surface area contributed by atoms with E-state index in [1.807, 2.05) is 6.07 Å². The van der Waals surface area contributed by atoms with Crippen molar-refractivity contribution >= 4 is 11.6 Å². The van der Waals surface area contributed by atoms with Gasteiger partial charge in [-0.05, 0) is 29.8 Å². The van der Waals surface area contributed by atoms with Gasteiger partial charge in [-0.3, -0.25) is 9.97 Å². The molecule has 0 saturated carbocycles. The molecule has 0 aliphatic carbocycles. The molecule has 3 rings (SSSR count). The molecular weight excluding hydrogens is 365 g/mol. The van der Waals surface area contributed by atoms with Crippen molar-refractivity contribution in [1.82, 2.24) is 9.97 Å². The quantitative estimate of drug-likeness (QED) is 0.608. The van der Waals surface area contributed by atoms with Gasteiger partial charge in [0.25, 0.3) is 0 Å². The monoisotopic (exact) mass is 378 g/mol. The summed E-state index contributed by atoms with van der Waals surface area (Å²) in [5, 5.41) is 0.504. The molecule has 0 aliphatic rings. The average molecular weight is 379 g/mol. The normalized spacial score (nSPS) is 11.4. The molecule has 3 aromatic rings. The topological polar surface area (TPSA) is 35.0 Å². The lowest BCUT2D eigenvalue weighted by molar-refractivity contribution is -0.141. The van der Waals surface area contributed by atoms with Crippen molar-refractivity contribution in [1.29, 1.82) is 0 Å². The molecule has 7 heteroatoms. The van der Waals surface area contributed by atoms with Gasteiger partial charge in [-0.15, -0.1) is 0 Å². The van der Waals surface area contributed by atoms with Crippen molar-refractivity contribution < 1.29 is 17.9 Å². The number of hydrogen-bond donors (Lipinski definition) is 0. The van der Waals surface area contributed by atoms with Crippen molar-refractivity contribution in [3.8, 4) is 16.9 Å². The lowest BCUT2D eigenvalue weighted by atomic mass is 9.99. The predicted molar refractivity (Wildman–Crippen MR) is 93.3 cm³/mol. The van der Waals surface area contributed by atoms with Gasteiger partial charge in [-0.2, -0.15) is 13.2 Å². The highest BCUT2D eigenvalue weighted by atomic mass is 35.5. The lowest BCUT2D eigenvalue weighted by Gasteiger charge is -2.14. The fourth-order valence-electron chi connectivity index (χ4n) is 2.63. The van der Waals surface area contributed by atoms with E-state index in [1.54, 1.807) is 37.6 Å². The molecule has 134 valence electrons. The maximum atomic E-state index is 12.7. The van der Waals surface area contributed by atoms with Crippen LogP contribution in [-0.4, -0.2) is 17.1 Å². The molecule has 0 fully saturated rings. The van der Waals surface area contributed by atoms with E-state index < -0.39 is 11.9 Å². The maximum Gasteiger partial charge on any atom is 0.433 e. The molecule has 0 saturated heterocycles. The van der Waals surface area contributed by atoms with Crippen LogP contribution >= 0.6 is 11.6 Å². The van der Waals surface area contributed by atoms with Gasteiger partial charge in [0.1, 0.15) is 11.4 Å². The fourth-order valence-corrected chi connectivity index (χ4v) is 2.90. The van der Waals surface area contributed by atoms with Crippen LogP contribution in [0.15, 0.2) is 54.9 Å². The second-order valence-corrected chi connectivity index (χ2v) is 5.95. The Morgan fingerprint density at radius 3 is 2.50 bits per heavy atom. The van der Waals surface area contributed by atoms with Crippen LogP contribution in [0.2, 0.25) is 5.02 Å². The number of benzene rings is 1. The van der Waals surface area contributed by atoms with Crippen LogP contribution in [0.25, 0.3) is 11.1 Å². The zero-order valence-electron chi connectivity index (χ0n) is 13.7. The number of ether oxygens (including phenoxy) is 1. The summed E-state index contributed by atoms with van der Waals surface area (Å²) < 4.78 is 43.4. The molecule has 2 heterocycles. The molecular formula is C19H14ClF3N2O. The van der Waals surface area contributed by atoms with E-state index in [-0.39, 0.29) is 0 Å². The molecule has 0 bridgehead atoms. The van der Waals surface area contributed by atoms with Gasteiger partial charge in [0.15, 0.2) is 0 Å². The number of aromatic nitrogens is 2. The minimum atomic E-state index is -4.46. The van der Waals surface area contributed by atoms with Crippen LogP contribution in [0, 0.1) is 0 Å². The van der Waals surface area contributed by atoms with Crippen molar-refractivity contribution in [3.63, 3.8) is 0 Å². The van der Waals surface area contributed by atoms with Gasteiger partial charge < -0.3 is 4.74 Å². The smallest absolute Gasteiger partial charge is 0.433 e. The van der Waals surface area contributed by atoms with Gasteiger partial charge in [0, 0.05) is 29.9 Å². The first-order valence-corrected chi connectivity index (χ1v) is 8.07. The molecule has 0 N–H and O–H groups in total. The number of alkyl halides is 3. The van der Waals surface area contributed by atoms with Crippen LogP contribution in [0.1, 0.15) is 17.0 Å². The number of hydrogen-bond acceptors (Lipinski definition) is 3. The molecule has 2 aromatic heterocycles. The highest BCUT2D eigenvalue weighted by Gasteiger charge is 2.32. The Labute approximate surface area is 153 Å². The Hall–Kier alpha value is -2.60. The highest BCUT2D eigenvalue weighted by molar-refractivity contribution is 6.33. The first-order valence-electron chi connectivity index (χ1n) is 7.69. The summed E-state index contributed by atoms with van der Waals surface area (Å²) in [6.45, 7) is 0. The molecule has 0 atom stereocenters. The van der Waals surface area contributed by atoms with Crippen LogP contribution in [0.3, 0.4) is 0 Å². The third-order valence-corrected chi connectivity index (χ3v) is 4.16. The van der Waals surface area contributed by atoms with E-state index >= 15 is 0 Å². The van der Waals surface area contributed by atoms with Crippen molar-refractivity contribution in [2.24, 2.45) is 0 Å². The summed E-state index contributed by atoms with van der Waals surface area (Å²) in [6, 6.07) is 11.3. The van der Waals surface area contributed by atoms with Crippen molar-refractivity contribution in [2.45, 2.75) is 12.6 Å². The van der Waals surface area contributed by atoms with Crippen LogP contribution < -0.4 is 4.74 Å². The van der Waals surface area contributed by atoms with Crippen molar-refractivity contribution in [2.75, 3.05) is 7.11 Å². The van der Waals surface area contributed by atoms with Gasteiger partial charge in [0.2, 0.25) is 0 Å². The summed E-state index contributed by atoms with van der Waals surface area (Å²) in [4.78, 5) is 7.87. The van der Waals surface area contributed by atoms with Gasteiger partial charge in [0.05, 0.1) is 17.8 Å². The van der Waals surface area contributed by atoms with E-state index in [0.717, 1.165) is 11.6 Å². The fraction of sp³-hybridized carbons (Fsp3) is 0.158. The predicted octanol–water partition coefficient (Wildman–Crippen LogP) is 5.42. The van der Waals surface area contributed by atoms with Crippen LogP contribution in [0.5, 0.6) is 5.75 Å². The zero-order chi connectivity index (χ0) is 18.7. The van der Waals surface area contributed by atoms with E-state index in [2.05, 4.69) is 9.97 Å². The largest absolute Gasteiger partial charge is 0.496 e. The Kier molecular flexibility index (Phi) is 5.13. The Balaban J connectivity index is 1.99.